The number of hydrogen-bond donors (Lipinski definition) is 11. The van der Waals surface area contributed by atoms with Gasteiger partial charge in [-0.05, 0) is 19.9 Å². The number of likely N-dealkylation sites (N-methyl/N-ethyl adjacent to an activating group) is 1. The lowest BCUT2D eigenvalue weighted by Gasteiger charge is -2.47. The molecule has 2 aliphatic rings. The lowest BCUT2D eigenvalue weighted by atomic mass is 9.91. The molecule has 9 unspecified atom stereocenters. The zero-order chi connectivity index (χ0) is 34.7. The summed E-state index contributed by atoms with van der Waals surface area (Å²) in [5.74, 6) is 2.16. The van der Waals surface area contributed by atoms with Crippen molar-refractivity contribution in [2.45, 2.75) is 99.4 Å². The summed E-state index contributed by atoms with van der Waals surface area (Å²) in [5, 5.41) is 57.9. The van der Waals surface area contributed by atoms with E-state index in [0.717, 1.165) is 5.01 Å². The number of rotatable bonds is 19. The molecule has 0 saturated carbocycles. The minimum Gasteiger partial charge on any atom is -0.389 e. The average Bonchev–Trinajstić information content (AvgIpc) is 3.03. The van der Waals surface area contributed by atoms with E-state index in [1.807, 2.05) is 0 Å². The van der Waals surface area contributed by atoms with Crippen LogP contribution in [0.4, 0.5) is 0 Å². The highest BCUT2D eigenvalue weighted by Gasteiger charge is 2.50. The first kappa shape index (κ1) is 40.1. The highest BCUT2D eigenvalue weighted by atomic mass is 16.7. The van der Waals surface area contributed by atoms with Gasteiger partial charge in [-0.3, -0.25) is 10.6 Å². The predicted molar refractivity (Wildman–Crippen MR) is 155 cm³/mol. The molecule has 46 heavy (non-hydrogen) atoms. The topological polar surface area (TPSA) is 338 Å². The summed E-state index contributed by atoms with van der Waals surface area (Å²) in [7, 11) is 1.40. The molecule has 20 nitrogen and oxygen atoms in total. The molecule has 2 saturated heterocycles. The fraction of sp³-hybridized carbons (Fsp3) is 0.846. The van der Waals surface area contributed by atoms with Gasteiger partial charge in [0.15, 0.2) is 12.6 Å². The summed E-state index contributed by atoms with van der Waals surface area (Å²) in [6.45, 7) is 0.666. The maximum absolute atomic E-state index is 12.8. The van der Waals surface area contributed by atoms with Crippen LogP contribution < -0.4 is 33.9 Å². The molecule has 15 atom stereocenters. The van der Waals surface area contributed by atoms with Crippen LogP contribution >= 0.6 is 0 Å². The normalized spacial score (nSPS) is 35.0. The summed E-state index contributed by atoms with van der Waals surface area (Å²) in [5.41, 5.74) is 19.5. The Morgan fingerprint density at radius 1 is 1.00 bits per heavy atom. The number of nitrogens with zero attached hydrogens (tertiary/aromatic N) is 1. The van der Waals surface area contributed by atoms with Crippen molar-refractivity contribution in [3.8, 4) is 0 Å². The van der Waals surface area contributed by atoms with Gasteiger partial charge < -0.3 is 81.4 Å². The SMILES string of the molecule is CC(N)C(O[C@H]1O[C@H](CN)[C@@H](O)C(O)C1C=O)C(O)[C@H](CNC(=O)C(C=O)CCN)O[C@H]1OC(CC=O)[C@@H](O)C(N(C)NN)C1O. The first-order chi connectivity index (χ1) is 21.8. The van der Waals surface area contributed by atoms with E-state index in [9.17, 15) is 44.7 Å². The first-order valence-corrected chi connectivity index (χ1v) is 14.8. The number of carbonyl (C=O) groups is 4. The fourth-order valence-electron chi connectivity index (χ4n) is 5.35. The van der Waals surface area contributed by atoms with Gasteiger partial charge in [-0.2, -0.15) is 5.53 Å². The lowest BCUT2D eigenvalue weighted by Crippen LogP contribution is -2.67. The second-order valence-corrected chi connectivity index (χ2v) is 11.3. The Balaban J connectivity index is 2.45. The molecule has 20 heteroatoms. The smallest absolute Gasteiger partial charge is 0.230 e. The van der Waals surface area contributed by atoms with Crippen LogP contribution in [-0.2, 0) is 38.1 Å². The Kier molecular flexibility index (Phi) is 16.6. The van der Waals surface area contributed by atoms with Crippen molar-refractivity contribution in [2.75, 3.05) is 26.7 Å². The molecule has 2 heterocycles. The fourth-order valence-corrected chi connectivity index (χ4v) is 5.35. The summed E-state index contributed by atoms with van der Waals surface area (Å²) in [4.78, 5) is 47.4. The number of hydrogen-bond acceptors (Lipinski definition) is 19. The zero-order valence-corrected chi connectivity index (χ0v) is 25.7. The van der Waals surface area contributed by atoms with Gasteiger partial charge in [0.05, 0.1) is 30.1 Å². The van der Waals surface area contributed by atoms with Gasteiger partial charge >= 0.3 is 0 Å². The van der Waals surface area contributed by atoms with E-state index in [0.29, 0.717) is 18.9 Å². The molecule has 0 aromatic heterocycles. The molecule has 266 valence electrons. The van der Waals surface area contributed by atoms with E-state index in [4.69, 9.17) is 42.0 Å². The molecule has 15 N–H and O–H groups in total. The number of aldehydes is 3. The van der Waals surface area contributed by atoms with E-state index in [1.165, 1.54) is 14.0 Å². The summed E-state index contributed by atoms with van der Waals surface area (Å²) >= 11 is 0. The van der Waals surface area contributed by atoms with Gasteiger partial charge in [-0.25, -0.2) is 5.01 Å². The number of aliphatic hydroxyl groups is 5. The van der Waals surface area contributed by atoms with Crippen molar-refractivity contribution in [3.63, 3.8) is 0 Å². The standard InChI is InChI=1S/C26H49N7O13/c1-11(29)23(46-25-13(10-36)18(37)20(39)15(7-28)44-25)21(40)16(8-31-24(42)12(9-35)3-5-27)45-26-22(41)17(33(2)32-30)19(38)14(43-26)4-6-34/h6,9-23,25-26,32,37-41H,3-5,7-8,27-30H2,1-2H3,(H,31,42)/t11?,12?,13?,14?,15-,16+,17?,18?,19-,20-,21?,22?,23?,25-,26-/m1/s1. The van der Waals surface area contributed by atoms with E-state index in [-0.39, 0.29) is 25.9 Å². The van der Waals surface area contributed by atoms with Crippen molar-refractivity contribution < 1.29 is 63.7 Å². The molecule has 1 amide bonds. The van der Waals surface area contributed by atoms with Crippen LogP contribution in [0.3, 0.4) is 0 Å². The Morgan fingerprint density at radius 3 is 2.17 bits per heavy atom. The van der Waals surface area contributed by atoms with Crippen molar-refractivity contribution in [1.82, 2.24) is 15.9 Å². The molecular formula is C26H49N7O13. The van der Waals surface area contributed by atoms with Gasteiger partial charge in [-0.1, -0.05) is 0 Å². The van der Waals surface area contributed by atoms with Gasteiger partial charge in [0.1, 0.15) is 61.6 Å². The molecular weight excluding hydrogens is 618 g/mol. The monoisotopic (exact) mass is 667 g/mol. The van der Waals surface area contributed by atoms with Crippen LogP contribution in [0.25, 0.3) is 0 Å². The number of amides is 1. The summed E-state index contributed by atoms with van der Waals surface area (Å²) < 4.78 is 23.2. The van der Waals surface area contributed by atoms with Crippen LogP contribution in [0.1, 0.15) is 19.8 Å². The third-order valence-electron chi connectivity index (χ3n) is 8.08. The minimum atomic E-state index is -1.81. The van der Waals surface area contributed by atoms with E-state index in [1.54, 1.807) is 0 Å². The second-order valence-electron chi connectivity index (χ2n) is 11.3. The number of carbonyl (C=O) groups excluding carboxylic acids is 4. The molecule has 0 radical (unpaired) electrons. The third-order valence-corrected chi connectivity index (χ3v) is 8.08. The van der Waals surface area contributed by atoms with E-state index in [2.05, 4.69) is 10.9 Å². The van der Waals surface area contributed by atoms with E-state index >= 15 is 0 Å². The molecule has 0 spiro atoms. The third kappa shape index (κ3) is 9.71. The predicted octanol–water partition coefficient (Wildman–Crippen LogP) is -7.32. The second kappa shape index (κ2) is 19.0. The first-order valence-electron chi connectivity index (χ1n) is 14.8. The maximum atomic E-state index is 12.8. The number of nitrogens with two attached hydrogens (primary N) is 4. The van der Waals surface area contributed by atoms with Gasteiger partial charge in [0.25, 0.3) is 0 Å². The lowest BCUT2D eigenvalue weighted by molar-refractivity contribution is -0.318. The number of hydrazine groups is 2. The number of nitrogens with one attached hydrogen (secondary N) is 2. The maximum Gasteiger partial charge on any atom is 0.230 e. The molecule has 2 fully saturated rings. The summed E-state index contributed by atoms with van der Waals surface area (Å²) in [6.07, 6.45) is -15.8. The molecule has 0 aliphatic carbocycles. The van der Waals surface area contributed by atoms with E-state index < -0.39 is 104 Å². The molecule has 2 aliphatic heterocycles. The average molecular weight is 668 g/mol. The van der Waals surface area contributed by atoms with Crippen LogP contribution in [0.2, 0.25) is 0 Å². The van der Waals surface area contributed by atoms with Gasteiger partial charge in [0, 0.05) is 32.6 Å². The number of aliphatic hydroxyl groups excluding tert-OH is 5. The van der Waals surface area contributed by atoms with Crippen LogP contribution in [0.15, 0.2) is 0 Å². The molecule has 0 aromatic rings. The van der Waals surface area contributed by atoms with Crippen molar-refractivity contribution in [3.05, 3.63) is 0 Å². The van der Waals surface area contributed by atoms with Crippen molar-refractivity contribution in [1.29, 1.82) is 0 Å². The Hall–Kier alpha value is -2.12. The molecule has 2 rings (SSSR count). The van der Waals surface area contributed by atoms with Crippen molar-refractivity contribution in [2.24, 2.45) is 34.9 Å². The minimum absolute atomic E-state index is 0.0212. The largest absolute Gasteiger partial charge is 0.389 e. The van der Waals surface area contributed by atoms with Crippen molar-refractivity contribution >= 4 is 24.8 Å². The summed E-state index contributed by atoms with van der Waals surface area (Å²) in [6, 6.07) is -2.24. The Morgan fingerprint density at radius 2 is 1.65 bits per heavy atom. The molecule has 0 bridgehead atoms. The van der Waals surface area contributed by atoms with Crippen LogP contribution in [-0.4, -0.2) is 162 Å². The molecule has 0 aromatic carbocycles. The highest BCUT2D eigenvalue weighted by Crippen LogP contribution is 2.30. The van der Waals surface area contributed by atoms with Gasteiger partial charge in [0.2, 0.25) is 5.91 Å². The van der Waals surface area contributed by atoms with Gasteiger partial charge in [-0.15, -0.1) is 0 Å². The van der Waals surface area contributed by atoms with Crippen LogP contribution in [0.5, 0.6) is 0 Å². The quantitative estimate of drug-likeness (QED) is 0.0264. The van der Waals surface area contributed by atoms with Crippen LogP contribution in [0, 0.1) is 11.8 Å². The highest BCUT2D eigenvalue weighted by molar-refractivity contribution is 5.91. The zero-order valence-electron chi connectivity index (χ0n) is 25.7. The Labute approximate surface area is 265 Å². The Bertz CT molecular complexity index is 971. The number of ether oxygens (including phenoxy) is 4.